The van der Waals surface area contributed by atoms with Crippen molar-refractivity contribution in [3.63, 3.8) is 0 Å². The van der Waals surface area contributed by atoms with E-state index in [1.165, 1.54) is 5.56 Å². The number of benzene rings is 2. The van der Waals surface area contributed by atoms with E-state index in [0.717, 1.165) is 32.6 Å². The summed E-state index contributed by atoms with van der Waals surface area (Å²) in [5.41, 5.74) is 1.36. The van der Waals surface area contributed by atoms with Gasteiger partial charge in [-0.15, -0.1) is 0 Å². The highest BCUT2D eigenvalue weighted by Gasteiger charge is 2.24. The number of hydrogen-bond donors (Lipinski definition) is 0. The lowest BCUT2D eigenvalue weighted by atomic mass is 10.1. The normalized spacial score (nSPS) is 16.0. The summed E-state index contributed by atoms with van der Waals surface area (Å²) in [5, 5.41) is 0. The van der Waals surface area contributed by atoms with Crippen LogP contribution in [0.5, 0.6) is 11.5 Å². The van der Waals surface area contributed by atoms with Crippen molar-refractivity contribution in [1.29, 1.82) is 0 Å². The molecule has 1 unspecified atom stereocenters. The van der Waals surface area contributed by atoms with Crippen LogP contribution < -0.4 is 9.47 Å². The molecule has 1 atom stereocenters. The molecule has 3 rings (SSSR count). The van der Waals surface area contributed by atoms with Gasteiger partial charge in [-0.05, 0) is 31.0 Å². The third-order valence-electron chi connectivity index (χ3n) is 5.08. The molecule has 2 aromatic carbocycles. The average Bonchev–Trinajstić information content (AvgIpc) is 2.73. The number of para-hydroxylation sites is 2. The van der Waals surface area contributed by atoms with E-state index in [1.54, 1.807) is 7.11 Å². The van der Waals surface area contributed by atoms with Gasteiger partial charge in [-0.1, -0.05) is 42.5 Å². The minimum absolute atomic E-state index is 0.0243. The fourth-order valence-corrected chi connectivity index (χ4v) is 3.47. The Morgan fingerprint density at radius 2 is 1.59 bits per heavy atom. The van der Waals surface area contributed by atoms with Crippen LogP contribution in [0.1, 0.15) is 12.5 Å². The number of carbonyl (C=O) groups is 1. The van der Waals surface area contributed by atoms with Crippen LogP contribution in [0, 0.1) is 0 Å². The molecule has 1 aliphatic rings. The summed E-state index contributed by atoms with van der Waals surface area (Å²) < 4.78 is 10.9. The molecule has 144 valence electrons. The second-order valence-corrected chi connectivity index (χ2v) is 6.90. The Bertz CT molecular complexity index is 727. The highest BCUT2D eigenvalue weighted by Crippen LogP contribution is 2.25. The minimum atomic E-state index is 0.0243. The van der Waals surface area contributed by atoms with Gasteiger partial charge in [-0.3, -0.25) is 9.69 Å². The Labute approximate surface area is 161 Å². The first-order chi connectivity index (χ1) is 13.2. The Morgan fingerprint density at radius 1 is 0.963 bits per heavy atom. The Morgan fingerprint density at radius 3 is 2.26 bits per heavy atom. The fourth-order valence-electron chi connectivity index (χ4n) is 3.47. The van der Waals surface area contributed by atoms with Gasteiger partial charge in [0.25, 0.3) is 5.91 Å². The standard InChI is InChI=1S/C22H28N2O3/c1-18(16-19-8-4-3-5-9-19)23-12-14-24(15-13-23)22(25)17-27-21-11-7-6-10-20(21)26-2/h3-11,18H,12-17H2,1-2H3. The van der Waals surface area contributed by atoms with E-state index < -0.39 is 0 Å². The number of nitrogens with zero attached hydrogens (tertiary/aromatic N) is 2. The highest BCUT2D eigenvalue weighted by atomic mass is 16.5. The lowest BCUT2D eigenvalue weighted by Gasteiger charge is -2.38. The minimum Gasteiger partial charge on any atom is -0.493 e. The first-order valence-corrected chi connectivity index (χ1v) is 9.49. The Kier molecular flexibility index (Phi) is 6.71. The van der Waals surface area contributed by atoms with Crippen molar-refractivity contribution in [2.75, 3.05) is 39.9 Å². The van der Waals surface area contributed by atoms with E-state index in [4.69, 9.17) is 9.47 Å². The third kappa shape index (κ3) is 5.23. The SMILES string of the molecule is COc1ccccc1OCC(=O)N1CCN(C(C)Cc2ccccc2)CC1. The van der Waals surface area contributed by atoms with Crippen molar-refractivity contribution in [1.82, 2.24) is 9.80 Å². The van der Waals surface area contributed by atoms with Gasteiger partial charge in [-0.25, -0.2) is 0 Å². The van der Waals surface area contributed by atoms with E-state index in [9.17, 15) is 4.79 Å². The smallest absolute Gasteiger partial charge is 0.260 e. The van der Waals surface area contributed by atoms with E-state index >= 15 is 0 Å². The summed E-state index contributed by atoms with van der Waals surface area (Å²) >= 11 is 0. The van der Waals surface area contributed by atoms with Gasteiger partial charge in [0, 0.05) is 32.2 Å². The van der Waals surface area contributed by atoms with E-state index in [1.807, 2.05) is 35.2 Å². The van der Waals surface area contributed by atoms with Crippen molar-refractivity contribution in [3.8, 4) is 11.5 Å². The summed E-state index contributed by atoms with van der Waals surface area (Å²) in [6.45, 7) is 5.58. The summed E-state index contributed by atoms with van der Waals surface area (Å²) in [6.07, 6.45) is 1.03. The molecule has 0 saturated carbocycles. The molecule has 1 fully saturated rings. The quantitative estimate of drug-likeness (QED) is 0.754. The molecular weight excluding hydrogens is 340 g/mol. The monoisotopic (exact) mass is 368 g/mol. The van der Waals surface area contributed by atoms with Crippen molar-refractivity contribution >= 4 is 5.91 Å². The van der Waals surface area contributed by atoms with Crippen molar-refractivity contribution in [3.05, 3.63) is 60.2 Å². The molecular formula is C22H28N2O3. The summed E-state index contributed by atoms with van der Waals surface area (Å²) in [5.74, 6) is 1.27. The van der Waals surface area contributed by atoms with Gasteiger partial charge < -0.3 is 14.4 Å². The van der Waals surface area contributed by atoms with Gasteiger partial charge >= 0.3 is 0 Å². The number of amides is 1. The summed E-state index contributed by atoms with van der Waals surface area (Å²) in [4.78, 5) is 16.8. The van der Waals surface area contributed by atoms with Crippen LogP contribution in [0.3, 0.4) is 0 Å². The van der Waals surface area contributed by atoms with Gasteiger partial charge in [-0.2, -0.15) is 0 Å². The van der Waals surface area contributed by atoms with Crippen molar-refractivity contribution < 1.29 is 14.3 Å². The van der Waals surface area contributed by atoms with E-state index in [-0.39, 0.29) is 12.5 Å². The predicted molar refractivity (Wildman–Crippen MR) is 106 cm³/mol. The molecule has 0 aliphatic carbocycles. The Hall–Kier alpha value is -2.53. The second-order valence-electron chi connectivity index (χ2n) is 6.90. The molecule has 1 saturated heterocycles. The highest BCUT2D eigenvalue weighted by molar-refractivity contribution is 5.78. The zero-order valence-electron chi connectivity index (χ0n) is 16.1. The lowest BCUT2D eigenvalue weighted by Crippen LogP contribution is -2.52. The van der Waals surface area contributed by atoms with Crippen molar-refractivity contribution in [2.24, 2.45) is 0 Å². The zero-order valence-corrected chi connectivity index (χ0v) is 16.1. The molecule has 5 heteroatoms. The molecule has 0 spiro atoms. The molecule has 0 N–H and O–H groups in total. The molecule has 5 nitrogen and oxygen atoms in total. The van der Waals surface area contributed by atoms with Gasteiger partial charge in [0.05, 0.1) is 7.11 Å². The lowest BCUT2D eigenvalue weighted by molar-refractivity contribution is -0.135. The molecule has 1 amide bonds. The zero-order chi connectivity index (χ0) is 19.1. The van der Waals surface area contributed by atoms with Crippen molar-refractivity contribution in [2.45, 2.75) is 19.4 Å². The summed E-state index contributed by atoms with van der Waals surface area (Å²) in [6, 6.07) is 18.4. The van der Waals surface area contributed by atoms with E-state index in [0.29, 0.717) is 17.5 Å². The maximum absolute atomic E-state index is 12.5. The molecule has 27 heavy (non-hydrogen) atoms. The van der Waals surface area contributed by atoms with Gasteiger partial charge in [0.15, 0.2) is 18.1 Å². The van der Waals surface area contributed by atoms with Crippen LogP contribution in [0.2, 0.25) is 0 Å². The first-order valence-electron chi connectivity index (χ1n) is 9.49. The first kappa shape index (κ1) is 19.2. The number of ether oxygens (including phenoxy) is 2. The van der Waals surface area contributed by atoms with Crippen LogP contribution in [-0.2, 0) is 11.2 Å². The van der Waals surface area contributed by atoms with Crippen LogP contribution >= 0.6 is 0 Å². The molecule has 1 heterocycles. The van der Waals surface area contributed by atoms with Crippen LogP contribution in [-0.4, -0.2) is 61.6 Å². The number of rotatable bonds is 7. The maximum Gasteiger partial charge on any atom is 0.260 e. The second kappa shape index (κ2) is 9.42. The van der Waals surface area contributed by atoms with Crippen LogP contribution in [0.25, 0.3) is 0 Å². The third-order valence-corrected chi connectivity index (χ3v) is 5.08. The van der Waals surface area contributed by atoms with Crippen LogP contribution in [0.4, 0.5) is 0 Å². The van der Waals surface area contributed by atoms with E-state index in [2.05, 4.69) is 36.1 Å². The molecule has 0 aromatic heterocycles. The molecule has 2 aromatic rings. The maximum atomic E-state index is 12.5. The Balaban J connectivity index is 1.45. The average molecular weight is 368 g/mol. The summed E-state index contributed by atoms with van der Waals surface area (Å²) in [7, 11) is 1.60. The molecule has 0 radical (unpaired) electrons. The number of piperazine rings is 1. The van der Waals surface area contributed by atoms with Crippen LogP contribution in [0.15, 0.2) is 54.6 Å². The largest absolute Gasteiger partial charge is 0.493 e. The number of carbonyl (C=O) groups excluding carboxylic acids is 1. The predicted octanol–water partition coefficient (Wildman–Crippen LogP) is 2.85. The van der Waals surface area contributed by atoms with Gasteiger partial charge in [0.1, 0.15) is 0 Å². The fraction of sp³-hybridized carbons (Fsp3) is 0.409. The number of methoxy groups -OCH3 is 1. The number of hydrogen-bond acceptors (Lipinski definition) is 4. The van der Waals surface area contributed by atoms with Gasteiger partial charge in [0.2, 0.25) is 0 Å². The molecule has 1 aliphatic heterocycles. The molecule has 0 bridgehead atoms. The topological polar surface area (TPSA) is 42.0 Å².